The maximum atomic E-state index is 5.89. The number of hydrogen-bond acceptors (Lipinski definition) is 9. The van der Waals surface area contributed by atoms with Crippen LogP contribution < -0.4 is 21.9 Å². The Kier molecular flexibility index (Phi) is 5.73. The van der Waals surface area contributed by atoms with E-state index in [1.807, 2.05) is 67.7 Å². The molecule has 0 bridgehead atoms. The quantitative estimate of drug-likeness (QED) is 0.327. The topological polar surface area (TPSA) is 127 Å². The Labute approximate surface area is 195 Å². The highest BCUT2D eigenvalue weighted by Gasteiger charge is 2.15. The number of rotatable bonds is 6. The summed E-state index contributed by atoms with van der Waals surface area (Å²) < 4.78 is 5.89. The molecule has 0 unspecified atom stereocenters. The predicted octanol–water partition coefficient (Wildman–Crippen LogP) is 3.34. The average Bonchev–Trinajstić information content (AvgIpc) is 3.34. The zero-order valence-electron chi connectivity index (χ0n) is 18.4. The summed E-state index contributed by atoms with van der Waals surface area (Å²) in [5.74, 6) is 2.07. The van der Waals surface area contributed by atoms with Crippen LogP contribution in [0.1, 0.15) is 11.6 Å². The van der Waals surface area contributed by atoms with Crippen LogP contribution in [-0.2, 0) is 0 Å². The Bertz CT molecular complexity index is 1410. The second-order valence-corrected chi connectivity index (χ2v) is 7.34. The van der Waals surface area contributed by atoms with Gasteiger partial charge in [-0.1, -0.05) is 24.3 Å². The summed E-state index contributed by atoms with van der Waals surface area (Å²) in [6.45, 7) is 0. The molecule has 1 aliphatic heterocycles. The lowest BCUT2D eigenvalue weighted by molar-refractivity contribution is 0.620. The van der Waals surface area contributed by atoms with Gasteiger partial charge in [-0.2, -0.15) is 0 Å². The third kappa shape index (κ3) is 4.22. The summed E-state index contributed by atoms with van der Waals surface area (Å²) in [7, 11) is 1.81. The smallest absolute Gasteiger partial charge is 0.227 e. The van der Waals surface area contributed by atoms with Crippen molar-refractivity contribution >= 4 is 22.2 Å². The van der Waals surface area contributed by atoms with Gasteiger partial charge in [0.2, 0.25) is 5.89 Å². The first-order valence-electron chi connectivity index (χ1n) is 10.6. The summed E-state index contributed by atoms with van der Waals surface area (Å²) >= 11 is 0. The van der Waals surface area contributed by atoms with Crippen molar-refractivity contribution in [1.82, 2.24) is 36.1 Å². The zero-order chi connectivity index (χ0) is 23.3. The molecule has 0 amide bonds. The first-order chi connectivity index (χ1) is 16.7. The SMILES string of the molecule is CN/C=C\C(=C/N)c1nc(C2=CNNC=C2)nc(-c2ccc(-c3nc4ccccc4o3)cc2)n1. The molecule has 2 aromatic carbocycles. The molecule has 0 atom stereocenters. The van der Waals surface area contributed by atoms with E-state index in [2.05, 4.69) is 31.1 Å². The summed E-state index contributed by atoms with van der Waals surface area (Å²) in [5.41, 5.74) is 16.4. The zero-order valence-corrected chi connectivity index (χ0v) is 18.4. The molecule has 0 fully saturated rings. The van der Waals surface area contributed by atoms with Crippen LogP contribution in [-0.4, -0.2) is 27.0 Å². The van der Waals surface area contributed by atoms with Crippen LogP contribution in [0.5, 0.6) is 0 Å². The van der Waals surface area contributed by atoms with Crippen LogP contribution in [0.15, 0.2) is 89.9 Å². The molecule has 1 aliphatic rings. The highest BCUT2D eigenvalue weighted by atomic mass is 16.3. The lowest BCUT2D eigenvalue weighted by atomic mass is 10.1. The molecule has 0 saturated carbocycles. The van der Waals surface area contributed by atoms with Gasteiger partial charge in [0.25, 0.3) is 0 Å². The number of nitrogens with two attached hydrogens (primary N) is 1. The van der Waals surface area contributed by atoms with Gasteiger partial charge in [-0.25, -0.2) is 19.9 Å². The third-order valence-electron chi connectivity index (χ3n) is 5.10. The van der Waals surface area contributed by atoms with Crippen LogP contribution in [0.3, 0.4) is 0 Å². The number of oxazole rings is 1. The number of para-hydroxylation sites is 2. The Morgan fingerprint density at radius 1 is 0.941 bits per heavy atom. The van der Waals surface area contributed by atoms with Gasteiger partial charge in [-0.05, 0) is 42.6 Å². The van der Waals surface area contributed by atoms with Gasteiger partial charge in [0, 0.05) is 47.9 Å². The number of nitrogens with one attached hydrogen (secondary N) is 3. The van der Waals surface area contributed by atoms with Crippen LogP contribution in [0.4, 0.5) is 0 Å². The van der Waals surface area contributed by atoms with E-state index in [9.17, 15) is 0 Å². The average molecular weight is 451 g/mol. The number of aromatic nitrogens is 4. The third-order valence-corrected chi connectivity index (χ3v) is 5.10. The van der Waals surface area contributed by atoms with Crippen LogP contribution >= 0.6 is 0 Å². The summed E-state index contributed by atoms with van der Waals surface area (Å²) in [4.78, 5) is 18.6. The second kappa shape index (κ2) is 9.29. The molecule has 5 rings (SSSR count). The van der Waals surface area contributed by atoms with Gasteiger partial charge in [0.1, 0.15) is 5.52 Å². The van der Waals surface area contributed by atoms with Gasteiger partial charge in [0.05, 0.1) is 0 Å². The standard InChI is InChI=1S/C25H22N8O/c1-27-12-10-18(14-26)23-31-22(32-24(33-23)19-11-13-28-29-15-19)16-6-8-17(9-7-16)25-30-20-4-2-3-5-21(20)34-25/h2-15,27-29H,26H2,1H3/b12-10-,18-14+. The van der Waals surface area contributed by atoms with Crippen molar-refractivity contribution in [3.05, 3.63) is 97.1 Å². The number of benzene rings is 2. The van der Waals surface area contributed by atoms with Crippen molar-refractivity contribution in [2.75, 3.05) is 7.05 Å². The molecule has 0 aliphatic carbocycles. The highest BCUT2D eigenvalue weighted by molar-refractivity contribution is 5.77. The van der Waals surface area contributed by atoms with Crippen LogP contribution in [0.2, 0.25) is 0 Å². The van der Waals surface area contributed by atoms with E-state index in [1.165, 1.54) is 6.20 Å². The number of allylic oxidation sites excluding steroid dienone is 4. The summed E-state index contributed by atoms with van der Waals surface area (Å²) in [6.07, 6.45) is 10.5. The molecule has 4 aromatic rings. The Hall–Kier alpha value is -4.92. The largest absolute Gasteiger partial charge is 0.436 e. The summed E-state index contributed by atoms with van der Waals surface area (Å²) in [5, 5.41) is 2.95. The minimum atomic E-state index is 0.463. The van der Waals surface area contributed by atoms with Gasteiger partial charge < -0.3 is 26.3 Å². The second-order valence-electron chi connectivity index (χ2n) is 7.34. The van der Waals surface area contributed by atoms with Crippen molar-refractivity contribution in [2.45, 2.75) is 0 Å². The molecule has 2 aromatic heterocycles. The lowest BCUT2D eigenvalue weighted by Gasteiger charge is -2.12. The molecule has 0 radical (unpaired) electrons. The molecule has 168 valence electrons. The maximum absolute atomic E-state index is 5.89. The van der Waals surface area contributed by atoms with Crippen molar-refractivity contribution in [2.24, 2.45) is 5.73 Å². The highest BCUT2D eigenvalue weighted by Crippen LogP contribution is 2.27. The van der Waals surface area contributed by atoms with Crippen LogP contribution in [0, 0.1) is 0 Å². The first kappa shape index (κ1) is 21.0. The molecular weight excluding hydrogens is 428 g/mol. The number of hydrazine groups is 1. The molecular formula is C25H22N8O. The Morgan fingerprint density at radius 2 is 1.74 bits per heavy atom. The molecule has 9 heteroatoms. The van der Waals surface area contributed by atoms with Crippen molar-refractivity contribution in [3.8, 4) is 22.8 Å². The minimum absolute atomic E-state index is 0.463. The Morgan fingerprint density at radius 3 is 2.47 bits per heavy atom. The number of hydrogen-bond donors (Lipinski definition) is 4. The summed E-state index contributed by atoms with van der Waals surface area (Å²) in [6, 6.07) is 15.4. The van der Waals surface area contributed by atoms with E-state index in [4.69, 9.17) is 15.1 Å². The van der Waals surface area contributed by atoms with Gasteiger partial charge >= 0.3 is 0 Å². The number of fused-ring (bicyclic) bond motifs is 1. The molecule has 3 heterocycles. The molecule has 34 heavy (non-hydrogen) atoms. The van der Waals surface area contributed by atoms with Gasteiger partial charge in [-0.3, -0.25) is 0 Å². The first-order valence-corrected chi connectivity index (χ1v) is 10.6. The van der Waals surface area contributed by atoms with E-state index in [-0.39, 0.29) is 0 Å². The molecule has 0 spiro atoms. The van der Waals surface area contributed by atoms with Crippen molar-refractivity contribution in [3.63, 3.8) is 0 Å². The maximum Gasteiger partial charge on any atom is 0.227 e. The fourth-order valence-corrected chi connectivity index (χ4v) is 3.38. The lowest BCUT2D eigenvalue weighted by Crippen LogP contribution is -2.23. The molecule has 9 nitrogen and oxygen atoms in total. The molecule has 0 saturated heterocycles. The normalized spacial score (nSPS) is 13.6. The van der Waals surface area contributed by atoms with Crippen molar-refractivity contribution in [1.29, 1.82) is 0 Å². The monoisotopic (exact) mass is 450 g/mol. The van der Waals surface area contributed by atoms with E-state index in [0.29, 0.717) is 28.9 Å². The van der Waals surface area contributed by atoms with Gasteiger partial charge in [-0.15, -0.1) is 0 Å². The minimum Gasteiger partial charge on any atom is -0.436 e. The fraction of sp³-hybridized carbons (Fsp3) is 0.0400. The van der Waals surface area contributed by atoms with Crippen molar-refractivity contribution < 1.29 is 4.42 Å². The predicted molar refractivity (Wildman–Crippen MR) is 132 cm³/mol. The fourth-order valence-electron chi connectivity index (χ4n) is 3.38. The van der Waals surface area contributed by atoms with E-state index in [0.717, 1.165) is 27.8 Å². The van der Waals surface area contributed by atoms with Crippen LogP contribution in [0.25, 0.3) is 45.1 Å². The van der Waals surface area contributed by atoms with E-state index >= 15 is 0 Å². The molecule has 5 N–H and O–H groups in total. The Balaban J connectivity index is 1.55. The van der Waals surface area contributed by atoms with E-state index < -0.39 is 0 Å². The van der Waals surface area contributed by atoms with Gasteiger partial charge in [0.15, 0.2) is 23.1 Å². The van der Waals surface area contributed by atoms with E-state index in [1.54, 1.807) is 18.6 Å². The number of nitrogens with zero attached hydrogens (tertiary/aromatic N) is 4.